The summed E-state index contributed by atoms with van der Waals surface area (Å²) in [5.41, 5.74) is 0.698. The van der Waals surface area contributed by atoms with Gasteiger partial charge in [0.1, 0.15) is 11.6 Å². The molecule has 3 aromatic rings. The molecule has 5 nitrogen and oxygen atoms in total. The van der Waals surface area contributed by atoms with E-state index in [-0.39, 0.29) is 21.2 Å². The minimum absolute atomic E-state index is 0.0711. The van der Waals surface area contributed by atoms with Crippen LogP contribution in [0.5, 0.6) is 0 Å². The largest absolute Gasteiger partial charge is 0.322 e. The second-order valence-corrected chi connectivity index (χ2v) is 7.81. The average Bonchev–Trinajstić information content (AvgIpc) is 2.66. The highest BCUT2D eigenvalue weighted by Crippen LogP contribution is 2.21. The third-order valence-corrected chi connectivity index (χ3v) is 5.39. The molecule has 0 aromatic heterocycles. The number of carbonyl (C=O) groups excluding carboxylic acids is 1. The van der Waals surface area contributed by atoms with Gasteiger partial charge in [0.2, 0.25) is 0 Å². The molecule has 0 radical (unpaired) electrons. The SMILES string of the molecule is O=C(Nc1ccc(F)c(Cl)c1)c1ccc(S(=O)(=O)Nc2ccc(F)cc2)cc1. The maximum atomic E-state index is 13.2. The van der Waals surface area contributed by atoms with E-state index in [1.807, 2.05) is 0 Å². The summed E-state index contributed by atoms with van der Waals surface area (Å²) in [6.07, 6.45) is 0. The number of hydrogen-bond acceptors (Lipinski definition) is 3. The van der Waals surface area contributed by atoms with Crippen molar-refractivity contribution in [3.8, 4) is 0 Å². The molecule has 0 unspecified atom stereocenters. The lowest BCUT2D eigenvalue weighted by Crippen LogP contribution is -2.15. The number of anilines is 2. The number of benzene rings is 3. The third kappa shape index (κ3) is 4.65. The molecule has 1 amide bonds. The lowest BCUT2D eigenvalue weighted by molar-refractivity contribution is 0.102. The number of hydrogen-bond donors (Lipinski definition) is 2. The predicted octanol–water partition coefficient (Wildman–Crippen LogP) is 4.67. The van der Waals surface area contributed by atoms with Crippen LogP contribution in [-0.2, 0) is 10.0 Å². The van der Waals surface area contributed by atoms with E-state index in [4.69, 9.17) is 11.6 Å². The van der Waals surface area contributed by atoms with E-state index in [1.165, 1.54) is 48.5 Å². The van der Waals surface area contributed by atoms with Crippen LogP contribution in [0.3, 0.4) is 0 Å². The van der Waals surface area contributed by atoms with Gasteiger partial charge in [-0.05, 0) is 66.7 Å². The molecule has 3 rings (SSSR count). The summed E-state index contributed by atoms with van der Waals surface area (Å²) < 4.78 is 53.1. The van der Waals surface area contributed by atoms with E-state index >= 15 is 0 Å². The van der Waals surface area contributed by atoms with Crippen LogP contribution in [-0.4, -0.2) is 14.3 Å². The third-order valence-electron chi connectivity index (χ3n) is 3.70. The van der Waals surface area contributed by atoms with Gasteiger partial charge in [-0.2, -0.15) is 0 Å². The van der Waals surface area contributed by atoms with Crippen LogP contribution < -0.4 is 10.0 Å². The average molecular weight is 423 g/mol. The minimum Gasteiger partial charge on any atom is -0.322 e. The topological polar surface area (TPSA) is 75.3 Å². The van der Waals surface area contributed by atoms with Crippen molar-refractivity contribution in [3.63, 3.8) is 0 Å². The number of nitrogens with one attached hydrogen (secondary N) is 2. The molecule has 2 N–H and O–H groups in total. The summed E-state index contributed by atoms with van der Waals surface area (Å²) in [4.78, 5) is 12.2. The zero-order valence-electron chi connectivity index (χ0n) is 14.1. The second-order valence-electron chi connectivity index (χ2n) is 5.72. The molecule has 0 aliphatic carbocycles. The number of carbonyl (C=O) groups is 1. The minimum atomic E-state index is -3.90. The molecule has 0 atom stereocenters. The summed E-state index contributed by atoms with van der Waals surface area (Å²) in [5, 5.41) is 2.41. The standard InChI is InChI=1S/C19H13ClF2N2O3S/c20-17-11-15(7-10-18(17)22)23-19(25)12-1-8-16(9-2-12)28(26,27)24-14-5-3-13(21)4-6-14/h1-11,24H,(H,23,25). The summed E-state index contributed by atoms with van der Waals surface area (Å²) in [6.45, 7) is 0. The zero-order chi connectivity index (χ0) is 20.3. The van der Waals surface area contributed by atoms with Crippen LogP contribution in [0, 0.1) is 11.6 Å². The van der Waals surface area contributed by atoms with E-state index in [0.717, 1.165) is 18.2 Å². The first kappa shape index (κ1) is 19.8. The van der Waals surface area contributed by atoms with Crippen LogP contribution in [0.15, 0.2) is 71.6 Å². The second kappa shape index (κ2) is 7.95. The van der Waals surface area contributed by atoms with Gasteiger partial charge in [0.25, 0.3) is 15.9 Å². The predicted molar refractivity (Wildman–Crippen MR) is 103 cm³/mol. The van der Waals surface area contributed by atoms with Crippen molar-refractivity contribution >= 4 is 38.9 Å². The van der Waals surface area contributed by atoms with Crippen molar-refractivity contribution in [2.24, 2.45) is 0 Å². The molecule has 0 aliphatic heterocycles. The molecule has 0 heterocycles. The number of sulfonamides is 1. The Balaban J connectivity index is 1.73. The summed E-state index contributed by atoms with van der Waals surface area (Å²) in [5.74, 6) is -1.61. The Morgan fingerprint density at radius 2 is 1.46 bits per heavy atom. The molecule has 0 saturated heterocycles. The van der Waals surface area contributed by atoms with Gasteiger partial charge in [0.15, 0.2) is 0 Å². The molecule has 144 valence electrons. The molecule has 9 heteroatoms. The highest BCUT2D eigenvalue weighted by Gasteiger charge is 2.15. The Bertz CT molecular complexity index is 1120. The number of amides is 1. The van der Waals surface area contributed by atoms with Crippen LogP contribution >= 0.6 is 11.6 Å². The smallest absolute Gasteiger partial charge is 0.261 e. The maximum absolute atomic E-state index is 13.2. The highest BCUT2D eigenvalue weighted by atomic mass is 35.5. The fourth-order valence-corrected chi connectivity index (χ4v) is 3.53. The molecule has 0 saturated carbocycles. The maximum Gasteiger partial charge on any atom is 0.261 e. The molecule has 0 spiro atoms. The first-order chi connectivity index (χ1) is 13.2. The van der Waals surface area contributed by atoms with Crippen LogP contribution in [0.4, 0.5) is 20.2 Å². The Morgan fingerprint density at radius 1 is 0.857 bits per heavy atom. The highest BCUT2D eigenvalue weighted by molar-refractivity contribution is 7.92. The van der Waals surface area contributed by atoms with Gasteiger partial charge < -0.3 is 5.32 Å². The van der Waals surface area contributed by atoms with E-state index in [9.17, 15) is 22.0 Å². The van der Waals surface area contributed by atoms with Crippen LogP contribution in [0.1, 0.15) is 10.4 Å². The summed E-state index contributed by atoms with van der Waals surface area (Å²) in [7, 11) is -3.90. The molecule has 0 fully saturated rings. The molecule has 28 heavy (non-hydrogen) atoms. The Kier molecular flexibility index (Phi) is 5.62. The van der Waals surface area contributed by atoms with Gasteiger partial charge >= 0.3 is 0 Å². The lowest BCUT2D eigenvalue weighted by atomic mass is 10.2. The molecule has 0 aliphatic rings. The van der Waals surface area contributed by atoms with Crippen molar-refractivity contribution in [2.75, 3.05) is 10.0 Å². The van der Waals surface area contributed by atoms with E-state index in [2.05, 4.69) is 10.0 Å². The fraction of sp³-hybridized carbons (Fsp3) is 0. The quantitative estimate of drug-likeness (QED) is 0.627. The van der Waals surface area contributed by atoms with E-state index in [0.29, 0.717) is 5.69 Å². The van der Waals surface area contributed by atoms with Crippen molar-refractivity contribution < 1.29 is 22.0 Å². The van der Waals surface area contributed by atoms with Gasteiger partial charge in [0.05, 0.1) is 9.92 Å². The van der Waals surface area contributed by atoms with Crippen LogP contribution in [0.25, 0.3) is 0 Å². The Labute approximate surface area is 165 Å². The van der Waals surface area contributed by atoms with Crippen molar-refractivity contribution in [1.29, 1.82) is 0 Å². The normalized spacial score (nSPS) is 11.1. The molecule has 0 bridgehead atoms. The van der Waals surface area contributed by atoms with Crippen LogP contribution in [0.2, 0.25) is 5.02 Å². The molecule has 3 aromatic carbocycles. The van der Waals surface area contributed by atoms with Crippen molar-refractivity contribution in [2.45, 2.75) is 4.90 Å². The van der Waals surface area contributed by atoms with Gasteiger partial charge in [0, 0.05) is 16.9 Å². The van der Waals surface area contributed by atoms with Crippen molar-refractivity contribution in [3.05, 3.63) is 89.0 Å². The zero-order valence-corrected chi connectivity index (χ0v) is 15.7. The molecular weight excluding hydrogens is 410 g/mol. The summed E-state index contributed by atoms with van der Waals surface area (Å²) in [6, 6.07) is 13.8. The van der Waals surface area contributed by atoms with Gasteiger partial charge in [-0.25, -0.2) is 17.2 Å². The summed E-state index contributed by atoms with van der Waals surface area (Å²) >= 11 is 5.67. The van der Waals surface area contributed by atoms with E-state index < -0.39 is 27.6 Å². The number of rotatable bonds is 5. The first-order valence-electron chi connectivity index (χ1n) is 7.89. The van der Waals surface area contributed by atoms with E-state index in [1.54, 1.807) is 0 Å². The van der Waals surface area contributed by atoms with Crippen molar-refractivity contribution in [1.82, 2.24) is 0 Å². The number of halogens is 3. The lowest BCUT2D eigenvalue weighted by Gasteiger charge is -2.09. The Hall–Kier alpha value is -2.97. The molecular formula is C19H13ClF2N2O3S. The van der Waals surface area contributed by atoms with Gasteiger partial charge in [-0.3, -0.25) is 9.52 Å². The van der Waals surface area contributed by atoms with Gasteiger partial charge in [-0.1, -0.05) is 11.6 Å². The Morgan fingerprint density at radius 3 is 2.07 bits per heavy atom. The van der Waals surface area contributed by atoms with Gasteiger partial charge in [-0.15, -0.1) is 0 Å². The first-order valence-corrected chi connectivity index (χ1v) is 9.75. The monoisotopic (exact) mass is 422 g/mol. The fourth-order valence-electron chi connectivity index (χ4n) is 2.29.